The number of aromatic hydroxyl groups is 1. The summed E-state index contributed by atoms with van der Waals surface area (Å²) in [6.07, 6.45) is 1.72. The molecule has 0 amide bonds. The average molecular weight is 334 g/mol. The molecule has 126 valence electrons. The first-order valence-electron chi connectivity index (χ1n) is 8.41. The van der Waals surface area contributed by atoms with Gasteiger partial charge in [-0.2, -0.15) is 0 Å². The topological polar surface area (TPSA) is 67.5 Å². The Morgan fingerprint density at radius 2 is 1.92 bits per heavy atom. The van der Waals surface area contributed by atoms with Gasteiger partial charge in [0.15, 0.2) is 5.78 Å². The number of fused-ring (bicyclic) bond motifs is 1. The monoisotopic (exact) mass is 334 g/mol. The van der Waals surface area contributed by atoms with Crippen LogP contribution < -0.4 is 5.63 Å². The molecule has 1 aromatic heterocycles. The fourth-order valence-electron chi connectivity index (χ4n) is 3.67. The molecule has 1 fully saturated rings. The minimum absolute atomic E-state index is 0.0705. The van der Waals surface area contributed by atoms with Gasteiger partial charge in [-0.3, -0.25) is 4.79 Å². The first kappa shape index (κ1) is 15.6. The van der Waals surface area contributed by atoms with Crippen molar-refractivity contribution in [1.29, 1.82) is 0 Å². The molecule has 0 aliphatic heterocycles. The van der Waals surface area contributed by atoms with Crippen LogP contribution in [-0.2, 0) is 0 Å². The van der Waals surface area contributed by atoms with E-state index in [1.54, 1.807) is 0 Å². The van der Waals surface area contributed by atoms with E-state index in [0.717, 1.165) is 12.8 Å². The summed E-state index contributed by atoms with van der Waals surface area (Å²) in [5, 5.41) is 10.2. The van der Waals surface area contributed by atoms with Gasteiger partial charge in [-0.25, -0.2) is 4.79 Å². The first-order valence-corrected chi connectivity index (χ1v) is 8.41. The van der Waals surface area contributed by atoms with Gasteiger partial charge >= 0.3 is 5.63 Å². The van der Waals surface area contributed by atoms with Gasteiger partial charge in [-0.15, -0.1) is 0 Å². The quantitative estimate of drug-likeness (QED) is 0.576. The fourth-order valence-corrected chi connectivity index (χ4v) is 3.67. The third-order valence-corrected chi connectivity index (χ3v) is 5.18. The summed E-state index contributed by atoms with van der Waals surface area (Å²) in [4.78, 5) is 25.2. The van der Waals surface area contributed by atoms with Gasteiger partial charge in [0, 0.05) is 11.3 Å². The molecule has 1 aliphatic carbocycles. The number of benzene rings is 2. The number of ketones is 1. The third kappa shape index (κ3) is 2.64. The van der Waals surface area contributed by atoms with Crippen LogP contribution in [0.3, 0.4) is 0 Å². The Morgan fingerprint density at radius 1 is 1.12 bits per heavy atom. The highest BCUT2D eigenvalue weighted by atomic mass is 16.4. The van der Waals surface area contributed by atoms with E-state index in [-0.39, 0.29) is 28.9 Å². The Morgan fingerprint density at radius 3 is 2.64 bits per heavy atom. The number of aryl methyl sites for hydroxylation is 1. The normalized spacial score (nSPS) is 19.6. The van der Waals surface area contributed by atoms with Crippen molar-refractivity contribution < 1.29 is 14.3 Å². The van der Waals surface area contributed by atoms with Crippen molar-refractivity contribution in [3.05, 3.63) is 75.6 Å². The van der Waals surface area contributed by atoms with E-state index < -0.39 is 5.63 Å². The van der Waals surface area contributed by atoms with Gasteiger partial charge in [0.25, 0.3) is 0 Å². The molecule has 1 N–H and O–H groups in total. The molecule has 0 spiro atoms. The Bertz CT molecular complexity index is 1030. The van der Waals surface area contributed by atoms with Crippen molar-refractivity contribution in [1.82, 2.24) is 0 Å². The molecule has 25 heavy (non-hydrogen) atoms. The molecule has 0 saturated heterocycles. The second kappa shape index (κ2) is 5.88. The molecule has 2 atom stereocenters. The van der Waals surface area contributed by atoms with Gasteiger partial charge in [0.2, 0.25) is 0 Å². The molecule has 3 aromatic rings. The van der Waals surface area contributed by atoms with E-state index in [1.165, 1.54) is 35.4 Å². The lowest BCUT2D eigenvalue weighted by atomic mass is 9.66. The predicted octanol–water partition coefficient (Wildman–Crippen LogP) is 4.18. The number of phenols is 1. The maximum atomic E-state index is 12.9. The maximum Gasteiger partial charge on any atom is 0.347 e. The molecule has 4 nitrogen and oxygen atoms in total. The molecule has 2 aromatic carbocycles. The van der Waals surface area contributed by atoms with E-state index >= 15 is 0 Å². The number of rotatable bonds is 3. The summed E-state index contributed by atoms with van der Waals surface area (Å²) in [6.45, 7) is 2.04. The number of carbonyl (C=O) groups excluding carboxylic acids is 1. The summed E-state index contributed by atoms with van der Waals surface area (Å²) in [7, 11) is 0. The lowest BCUT2D eigenvalue weighted by Crippen LogP contribution is -2.34. The Hall–Kier alpha value is -2.88. The molecule has 1 aliphatic rings. The molecular formula is C21H18O4. The number of carbonyl (C=O) groups is 1. The minimum atomic E-state index is -0.612. The highest BCUT2D eigenvalue weighted by Gasteiger charge is 2.39. The van der Waals surface area contributed by atoms with Gasteiger partial charge in [0.1, 0.15) is 16.9 Å². The van der Waals surface area contributed by atoms with E-state index in [0.29, 0.717) is 11.0 Å². The number of phenolic OH excluding ortho intramolecular Hbond substituents is 1. The molecule has 1 saturated carbocycles. The SMILES string of the molecule is Cc1ccccc1C1CCC1C(=O)c1cc2cc(O)ccc2oc1=O. The van der Waals surface area contributed by atoms with Crippen LogP contribution in [0.25, 0.3) is 11.0 Å². The first-order chi connectivity index (χ1) is 12.0. The van der Waals surface area contributed by atoms with Crippen molar-refractivity contribution >= 4 is 16.8 Å². The fraction of sp³-hybridized carbons (Fsp3) is 0.238. The molecule has 0 radical (unpaired) electrons. The van der Waals surface area contributed by atoms with Gasteiger partial charge in [-0.05, 0) is 61.1 Å². The van der Waals surface area contributed by atoms with Crippen LogP contribution in [0, 0.1) is 12.8 Å². The lowest BCUT2D eigenvalue weighted by Gasteiger charge is -2.36. The third-order valence-electron chi connectivity index (χ3n) is 5.18. The number of Topliss-reactive ketones (excluding diaryl/α,β-unsaturated/α-hetero) is 1. The molecule has 0 bridgehead atoms. The van der Waals surface area contributed by atoms with Crippen molar-refractivity contribution in [2.24, 2.45) is 5.92 Å². The van der Waals surface area contributed by atoms with Crippen LogP contribution in [0.1, 0.15) is 40.2 Å². The van der Waals surface area contributed by atoms with Gasteiger partial charge in [-0.1, -0.05) is 24.3 Å². The molecule has 1 heterocycles. The lowest BCUT2D eigenvalue weighted by molar-refractivity contribution is 0.0815. The highest BCUT2D eigenvalue weighted by molar-refractivity contribution is 6.00. The maximum absolute atomic E-state index is 12.9. The highest BCUT2D eigenvalue weighted by Crippen LogP contribution is 2.45. The molecule has 4 rings (SSSR count). The summed E-state index contributed by atoms with van der Waals surface area (Å²) in [6, 6.07) is 14.1. The second-order valence-electron chi connectivity index (χ2n) is 6.68. The second-order valence-corrected chi connectivity index (χ2v) is 6.68. The van der Waals surface area contributed by atoms with Crippen molar-refractivity contribution in [2.45, 2.75) is 25.7 Å². The van der Waals surface area contributed by atoms with Gasteiger partial charge < -0.3 is 9.52 Å². The molecular weight excluding hydrogens is 316 g/mol. The largest absolute Gasteiger partial charge is 0.508 e. The smallest absolute Gasteiger partial charge is 0.347 e. The Balaban J connectivity index is 1.71. The van der Waals surface area contributed by atoms with E-state index in [1.807, 2.05) is 25.1 Å². The van der Waals surface area contributed by atoms with E-state index in [4.69, 9.17) is 4.42 Å². The van der Waals surface area contributed by atoms with Crippen molar-refractivity contribution in [2.75, 3.05) is 0 Å². The van der Waals surface area contributed by atoms with Crippen LogP contribution in [0.5, 0.6) is 5.75 Å². The van der Waals surface area contributed by atoms with Crippen LogP contribution in [0.2, 0.25) is 0 Å². The summed E-state index contributed by atoms with van der Waals surface area (Å²) < 4.78 is 5.26. The summed E-state index contributed by atoms with van der Waals surface area (Å²) >= 11 is 0. The van der Waals surface area contributed by atoms with Crippen LogP contribution in [0.4, 0.5) is 0 Å². The van der Waals surface area contributed by atoms with E-state index in [9.17, 15) is 14.7 Å². The molecule has 4 heteroatoms. The van der Waals surface area contributed by atoms with E-state index in [2.05, 4.69) is 6.07 Å². The number of hydrogen-bond acceptors (Lipinski definition) is 4. The van der Waals surface area contributed by atoms with Crippen LogP contribution in [0.15, 0.2) is 57.7 Å². The van der Waals surface area contributed by atoms with Crippen LogP contribution in [-0.4, -0.2) is 10.9 Å². The zero-order valence-electron chi connectivity index (χ0n) is 13.9. The van der Waals surface area contributed by atoms with Crippen LogP contribution >= 0.6 is 0 Å². The summed E-state index contributed by atoms with van der Waals surface area (Å²) in [5.74, 6) is -0.147. The zero-order chi connectivity index (χ0) is 17.6. The Labute approximate surface area is 144 Å². The standard InChI is InChI=1S/C21H18O4/c1-12-4-2-3-5-15(12)16-7-8-17(16)20(23)18-11-13-10-14(22)6-9-19(13)25-21(18)24/h2-6,9-11,16-17,22H,7-8H2,1H3. The number of hydrogen-bond donors (Lipinski definition) is 1. The van der Waals surface area contributed by atoms with Crippen molar-refractivity contribution in [3.8, 4) is 5.75 Å². The minimum Gasteiger partial charge on any atom is -0.508 e. The summed E-state index contributed by atoms with van der Waals surface area (Å²) in [5.41, 5.74) is 2.17. The van der Waals surface area contributed by atoms with Crippen molar-refractivity contribution in [3.63, 3.8) is 0 Å². The predicted molar refractivity (Wildman–Crippen MR) is 95.1 cm³/mol. The molecule has 2 unspecified atom stereocenters. The zero-order valence-corrected chi connectivity index (χ0v) is 13.9. The Kier molecular flexibility index (Phi) is 3.68. The van der Waals surface area contributed by atoms with Gasteiger partial charge in [0.05, 0.1) is 0 Å². The average Bonchev–Trinajstić information content (AvgIpc) is 2.55.